The molecule has 0 aromatic carbocycles. The lowest BCUT2D eigenvalue weighted by Crippen LogP contribution is -2.58. The SMILES string of the molecule is CSCCC(NC(=O)C(Cc1cnc[nH]1)NC(=O)C1CCCN1C(=O)C(N)C(C)O)C(=O)O. The molecule has 7 N–H and O–H groups in total. The predicted octanol–water partition coefficient (Wildman–Crippen LogP) is -1.54. The molecule has 1 fully saturated rings. The van der Waals surface area contributed by atoms with E-state index in [1.54, 1.807) is 0 Å². The number of aliphatic hydroxyl groups excluding tert-OH is 1. The topological polar surface area (TPSA) is 191 Å². The van der Waals surface area contributed by atoms with Crippen molar-refractivity contribution in [2.45, 2.75) is 62.9 Å². The zero-order valence-corrected chi connectivity index (χ0v) is 19.5. The molecule has 2 heterocycles. The Morgan fingerprint density at radius 3 is 2.64 bits per heavy atom. The number of amides is 3. The van der Waals surface area contributed by atoms with E-state index in [0.717, 1.165) is 0 Å². The molecule has 184 valence electrons. The molecule has 0 aliphatic carbocycles. The number of hydrogen-bond donors (Lipinski definition) is 6. The van der Waals surface area contributed by atoms with Crippen molar-refractivity contribution >= 4 is 35.5 Å². The molecule has 0 spiro atoms. The molecule has 33 heavy (non-hydrogen) atoms. The van der Waals surface area contributed by atoms with E-state index in [0.29, 0.717) is 30.8 Å². The number of nitrogens with zero attached hydrogens (tertiary/aromatic N) is 2. The second-order valence-electron chi connectivity index (χ2n) is 7.98. The van der Waals surface area contributed by atoms with Crippen LogP contribution >= 0.6 is 11.8 Å². The molecule has 1 aliphatic heterocycles. The number of aliphatic hydroxyl groups is 1. The number of nitrogens with two attached hydrogens (primary N) is 1. The highest BCUT2D eigenvalue weighted by Gasteiger charge is 2.38. The molecule has 1 aromatic heterocycles. The summed E-state index contributed by atoms with van der Waals surface area (Å²) in [4.78, 5) is 58.2. The third-order valence-corrected chi connectivity index (χ3v) is 6.12. The monoisotopic (exact) mass is 484 g/mol. The number of carbonyl (C=O) groups is 4. The van der Waals surface area contributed by atoms with Gasteiger partial charge in [-0.25, -0.2) is 9.78 Å². The van der Waals surface area contributed by atoms with Crippen LogP contribution in [0.3, 0.4) is 0 Å². The first-order valence-corrected chi connectivity index (χ1v) is 12.1. The van der Waals surface area contributed by atoms with E-state index in [1.807, 2.05) is 6.26 Å². The minimum Gasteiger partial charge on any atom is -0.480 e. The molecule has 5 unspecified atom stereocenters. The van der Waals surface area contributed by atoms with Crippen molar-refractivity contribution in [2.24, 2.45) is 5.73 Å². The molecule has 0 bridgehead atoms. The Morgan fingerprint density at radius 1 is 1.33 bits per heavy atom. The van der Waals surface area contributed by atoms with Gasteiger partial charge in [-0.1, -0.05) is 0 Å². The van der Waals surface area contributed by atoms with Gasteiger partial charge < -0.3 is 36.5 Å². The van der Waals surface area contributed by atoms with Gasteiger partial charge in [-0.15, -0.1) is 0 Å². The summed E-state index contributed by atoms with van der Waals surface area (Å²) in [6, 6.07) is -4.18. The van der Waals surface area contributed by atoms with Gasteiger partial charge >= 0.3 is 5.97 Å². The molecule has 2 rings (SSSR count). The Balaban J connectivity index is 2.15. The highest BCUT2D eigenvalue weighted by molar-refractivity contribution is 7.98. The highest BCUT2D eigenvalue weighted by Crippen LogP contribution is 2.19. The second-order valence-corrected chi connectivity index (χ2v) is 8.96. The van der Waals surface area contributed by atoms with Gasteiger partial charge in [-0.05, 0) is 38.2 Å². The summed E-state index contributed by atoms with van der Waals surface area (Å²) in [6.45, 7) is 1.71. The fraction of sp³-hybridized carbons (Fsp3) is 0.650. The van der Waals surface area contributed by atoms with Gasteiger partial charge in [0.2, 0.25) is 17.7 Å². The summed E-state index contributed by atoms with van der Waals surface area (Å²) in [6.07, 6.45) is 4.93. The van der Waals surface area contributed by atoms with Crippen LogP contribution in [-0.2, 0) is 25.6 Å². The molecule has 0 radical (unpaired) electrons. The van der Waals surface area contributed by atoms with Crippen LogP contribution in [0.5, 0.6) is 0 Å². The lowest BCUT2D eigenvalue weighted by atomic mass is 10.1. The summed E-state index contributed by atoms with van der Waals surface area (Å²) in [5.41, 5.74) is 6.33. The fourth-order valence-electron chi connectivity index (χ4n) is 3.56. The van der Waals surface area contributed by atoms with Gasteiger partial charge in [0.15, 0.2) is 0 Å². The Bertz CT molecular complexity index is 820. The van der Waals surface area contributed by atoms with Crippen molar-refractivity contribution in [3.05, 3.63) is 18.2 Å². The van der Waals surface area contributed by atoms with Crippen LogP contribution in [0.1, 0.15) is 31.9 Å². The van der Waals surface area contributed by atoms with E-state index in [2.05, 4.69) is 20.6 Å². The number of carboxylic acids is 1. The normalized spacial score (nSPS) is 19.4. The van der Waals surface area contributed by atoms with E-state index in [9.17, 15) is 29.4 Å². The minimum atomic E-state index is -1.16. The van der Waals surface area contributed by atoms with Crippen LogP contribution in [-0.4, -0.2) is 97.6 Å². The maximum atomic E-state index is 13.1. The summed E-state index contributed by atoms with van der Waals surface area (Å²) < 4.78 is 0. The quantitative estimate of drug-likeness (QED) is 0.204. The first kappa shape index (κ1) is 26.6. The third kappa shape index (κ3) is 7.44. The van der Waals surface area contributed by atoms with Crippen molar-refractivity contribution in [3.63, 3.8) is 0 Å². The number of H-pyrrole nitrogens is 1. The number of likely N-dealkylation sites (tertiary alicyclic amines) is 1. The van der Waals surface area contributed by atoms with E-state index in [1.165, 1.54) is 36.1 Å². The van der Waals surface area contributed by atoms with Gasteiger partial charge in [0.1, 0.15) is 24.2 Å². The summed E-state index contributed by atoms with van der Waals surface area (Å²) in [5.74, 6) is -2.36. The molecule has 1 saturated heterocycles. The molecule has 0 saturated carbocycles. The number of imidazole rings is 1. The van der Waals surface area contributed by atoms with Gasteiger partial charge in [-0.2, -0.15) is 11.8 Å². The number of aromatic nitrogens is 2. The Kier molecular flexibility index (Phi) is 10.1. The van der Waals surface area contributed by atoms with Crippen molar-refractivity contribution < 1.29 is 29.4 Å². The average molecular weight is 485 g/mol. The number of nitrogens with one attached hydrogen (secondary N) is 3. The fourth-order valence-corrected chi connectivity index (χ4v) is 4.03. The van der Waals surface area contributed by atoms with Crippen molar-refractivity contribution in [3.8, 4) is 0 Å². The van der Waals surface area contributed by atoms with E-state index in [4.69, 9.17) is 5.73 Å². The van der Waals surface area contributed by atoms with E-state index < -0.39 is 54.0 Å². The first-order chi connectivity index (χ1) is 15.6. The first-order valence-electron chi connectivity index (χ1n) is 10.7. The molecular formula is C20H32N6O6S. The van der Waals surface area contributed by atoms with Crippen molar-refractivity contribution in [2.75, 3.05) is 18.6 Å². The number of thioether (sulfide) groups is 1. The van der Waals surface area contributed by atoms with Crippen LogP contribution in [0.15, 0.2) is 12.5 Å². The van der Waals surface area contributed by atoms with Crippen LogP contribution < -0.4 is 16.4 Å². The van der Waals surface area contributed by atoms with Gasteiger partial charge in [0.05, 0.1) is 12.4 Å². The smallest absolute Gasteiger partial charge is 0.326 e. The second kappa shape index (κ2) is 12.6. The van der Waals surface area contributed by atoms with Crippen molar-refractivity contribution in [1.82, 2.24) is 25.5 Å². The standard InChI is InChI=1S/C20H32N6O6S/c1-11(27)16(21)19(30)26-6-3-4-15(26)18(29)25-14(8-12-9-22-10-23-12)17(28)24-13(20(31)32)5-7-33-2/h9-11,13-16,27H,3-8,21H2,1-2H3,(H,22,23)(H,24,28)(H,25,29)(H,31,32). The minimum absolute atomic E-state index is 0.0558. The lowest BCUT2D eigenvalue weighted by molar-refractivity contribution is -0.143. The van der Waals surface area contributed by atoms with Crippen molar-refractivity contribution in [1.29, 1.82) is 0 Å². The van der Waals surface area contributed by atoms with E-state index >= 15 is 0 Å². The molecule has 5 atom stereocenters. The number of carbonyl (C=O) groups excluding carboxylic acids is 3. The van der Waals surface area contributed by atoms with Crippen LogP contribution in [0, 0.1) is 0 Å². The maximum absolute atomic E-state index is 13.1. The van der Waals surface area contributed by atoms with Gasteiger partial charge in [-0.3, -0.25) is 14.4 Å². The highest BCUT2D eigenvalue weighted by atomic mass is 32.2. The Labute approximate surface area is 196 Å². The number of rotatable bonds is 12. The maximum Gasteiger partial charge on any atom is 0.326 e. The lowest BCUT2D eigenvalue weighted by Gasteiger charge is -2.29. The van der Waals surface area contributed by atoms with Crippen LogP contribution in [0.25, 0.3) is 0 Å². The zero-order valence-electron chi connectivity index (χ0n) is 18.7. The number of hydrogen-bond acceptors (Lipinski definition) is 8. The molecule has 13 heteroatoms. The molecule has 1 aliphatic rings. The van der Waals surface area contributed by atoms with Gasteiger partial charge in [0.25, 0.3) is 0 Å². The molecule has 12 nitrogen and oxygen atoms in total. The molecule has 3 amide bonds. The summed E-state index contributed by atoms with van der Waals surface area (Å²) in [7, 11) is 0. The summed E-state index contributed by atoms with van der Waals surface area (Å²) in [5, 5.41) is 24.2. The third-order valence-electron chi connectivity index (χ3n) is 5.48. The average Bonchev–Trinajstić information content (AvgIpc) is 3.46. The van der Waals surface area contributed by atoms with Gasteiger partial charge in [0, 0.05) is 24.9 Å². The zero-order chi connectivity index (χ0) is 24.5. The number of aliphatic carboxylic acids is 1. The molecular weight excluding hydrogens is 452 g/mol. The Morgan fingerprint density at radius 2 is 2.06 bits per heavy atom. The van der Waals surface area contributed by atoms with Crippen LogP contribution in [0.2, 0.25) is 0 Å². The van der Waals surface area contributed by atoms with Crippen LogP contribution in [0.4, 0.5) is 0 Å². The number of aromatic amines is 1. The molecule has 1 aromatic rings. The predicted molar refractivity (Wildman–Crippen MR) is 121 cm³/mol. The Hall–Kier alpha value is -2.64. The van der Waals surface area contributed by atoms with E-state index in [-0.39, 0.29) is 12.8 Å². The largest absolute Gasteiger partial charge is 0.480 e. The summed E-state index contributed by atoms with van der Waals surface area (Å²) >= 11 is 1.46. The number of carboxylic acid groups (broad SMARTS) is 1.